The first kappa shape index (κ1) is 5.65. The van der Waals surface area contributed by atoms with Gasteiger partial charge < -0.3 is 14.3 Å². The molecule has 0 bridgehead atoms. The standard InChI is InChI=1S/C2H3O3Si/c3-2(4)1-5-6/h1H2,(H,3,4)/p-1. The van der Waals surface area contributed by atoms with E-state index in [2.05, 4.69) is 14.9 Å². The third kappa shape index (κ3) is 3.65. The van der Waals surface area contributed by atoms with Gasteiger partial charge in [0.1, 0.15) is 0 Å². The molecule has 0 N–H and O–H groups in total. The number of carbonyl (C=O) groups excluding carboxylic acids is 1. The van der Waals surface area contributed by atoms with Gasteiger partial charge in [-0.05, 0) is 0 Å². The van der Waals surface area contributed by atoms with Gasteiger partial charge in [-0.25, -0.2) is 0 Å². The van der Waals surface area contributed by atoms with Crippen LogP contribution in [0.5, 0.6) is 0 Å². The molecule has 0 aromatic rings. The molecule has 0 fully saturated rings. The molecular formula is C2H2O3Si-. The lowest BCUT2D eigenvalue weighted by atomic mass is 10.8. The smallest absolute Gasteiger partial charge is 0.246 e. The minimum Gasteiger partial charge on any atom is -0.548 e. The summed E-state index contributed by atoms with van der Waals surface area (Å²) in [7, 11) is 2.47. The third-order valence-corrected chi connectivity index (χ3v) is 0.334. The van der Waals surface area contributed by atoms with Crippen LogP contribution in [-0.4, -0.2) is 23.1 Å². The van der Waals surface area contributed by atoms with Crippen LogP contribution in [0.15, 0.2) is 0 Å². The minimum atomic E-state index is -1.23. The number of aliphatic carboxylic acids is 1. The molecule has 0 aromatic carbocycles. The van der Waals surface area contributed by atoms with E-state index in [4.69, 9.17) is 0 Å². The summed E-state index contributed by atoms with van der Waals surface area (Å²) in [4.78, 5) is 9.33. The van der Waals surface area contributed by atoms with E-state index in [-0.39, 0.29) is 0 Å². The predicted octanol–water partition coefficient (Wildman–Crippen LogP) is -2.16. The highest BCUT2D eigenvalue weighted by molar-refractivity contribution is 5.98. The molecule has 0 spiro atoms. The average molecular weight is 102 g/mol. The zero-order valence-electron chi connectivity index (χ0n) is 2.93. The summed E-state index contributed by atoms with van der Waals surface area (Å²) in [6.07, 6.45) is 0. The fourth-order valence-corrected chi connectivity index (χ4v) is 0.177. The van der Waals surface area contributed by atoms with Crippen LogP contribution in [0.4, 0.5) is 0 Å². The Morgan fingerprint density at radius 3 is 2.50 bits per heavy atom. The molecule has 3 nitrogen and oxygen atoms in total. The maximum absolute atomic E-state index is 9.33. The maximum Gasteiger partial charge on any atom is 0.246 e. The summed E-state index contributed by atoms with van der Waals surface area (Å²) in [5.74, 6) is -1.23. The van der Waals surface area contributed by atoms with E-state index in [1.54, 1.807) is 0 Å². The summed E-state index contributed by atoms with van der Waals surface area (Å²) in [6, 6.07) is 0. The Hall–Kier alpha value is -0.353. The lowest BCUT2D eigenvalue weighted by Gasteiger charge is -1.94. The van der Waals surface area contributed by atoms with Gasteiger partial charge in [0.2, 0.25) is 10.5 Å². The van der Waals surface area contributed by atoms with Gasteiger partial charge in [0.15, 0.2) is 0 Å². The van der Waals surface area contributed by atoms with Crippen molar-refractivity contribution in [2.24, 2.45) is 0 Å². The number of hydrogen-bond donors (Lipinski definition) is 0. The van der Waals surface area contributed by atoms with E-state index in [1.807, 2.05) is 0 Å². The minimum absolute atomic E-state index is 0.406. The normalized spacial score (nSPS) is 8.17. The maximum atomic E-state index is 9.33. The topological polar surface area (TPSA) is 49.4 Å². The molecule has 0 heterocycles. The van der Waals surface area contributed by atoms with Gasteiger partial charge in [-0.3, -0.25) is 0 Å². The Morgan fingerprint density at radius 1 is 2.00 bits per heavy atom. The molecule has 6 heavy (non-hydrogen) atoms. The molecule has 0 atom stereocenters. The van der Waals surface area contributed by atoms with Crippen LogP contribution in [0, 0.1) is 0 Å². The lowest BCUT2D eigenvalue weighted by Crippen LogP contribution is -2.26. The Morgan fingerprint density at radius 2 is 2.50 bits per heavy atom. The van der Waals surface area contributed by atoms with E-state index in [9.17, 15) is 9.90 Å². The molecule has 0 unspecified atom stereocenters. The van der Waals surface area contributed by atoms with Crippen LogP contribution in [0.25, 0.3) is 0 Å². The van der Waals surface area contributed by atoms with E-state index >= 15 is 0 Å². The molecule has 0 saturated carbocycles. The van der Waals surface area contributed by atoms with Crippen molar-refractivity contribution in [2.75, 3.05) is 6.61 Å². The van der Waals surface area contributed by atoms with Crippen LogP contribution >= 0.6 is 0 Å². The van der Waals surface area contributed by atoms with E-state index in [0.29, 0.717) is 0 Å². The summed E-state index contributed by atoms with van der Waals surface area (Å²) in [5, 5.41) is 9.33. The zero-order chi connectivity index (χ0) is 4.99. The summed E-state index contributed by atoms with van der Waals surface area (Å²) >= 11 is 0. The van der Waals surface area contributed by atoms with Crippen molar-refractivity contribution in [3.63, 3.8) is 0 Å². The van der Waals surface area contributed by atoms with Gasteiger partial charge in [-0.2, -0.15) is 0 Å². The molecule has 0 aliphatic carbocycles. The molecular weight excluding hydrogens is 100 g/mol. The molecule has 0 aliphatic rings. The second-order valence-electron chi connectivity index (χ2n) is 0.661. The molecule has 3 radical (unpaired) electrons. The number of carboxylic acids is 1. The van der Waals surface area contributed by atoms with Gasteiger partial charge >= 0.3 is 0 Å². The molecule has 0 saturated heterocycles. The fourth-order valence-electron chi connectivity index (χ4n) is 0.0589. The Kier molecular flexibility index (Phi) is 2.69. The predicted molar refractivity (Wildman–Crippen MR) is 16.7 cm³/mol. The summed E-state index contributed by atoms with van der Waals surface area (Å²) in [5.41, 5.74) is 0. The monoisotopic (exact) mass is 102 g/mol. The number of carboxylic acid groups (broad SMARTS) is 1. The van der Waals surface area contributed by atoms with E-state index < -0.39 is 12.6 Å². The van der Waals surface area contributed by atoms with Crippen molar-refractivity contribution in [1.29, 1.82) is 0 Å². The fraction of sp³-hybridized carbons (Fsp3) is 0.500. The third-order valence-electron chi connectivity index (χ3n) is 0.190. The van der Waals surface area contributed by atoms with Crippen LogP contribution in [0.1, 0.15) is 0 Å². The van der Waals surface area contributed by atoms with E-state index in [1.165, 1.54) is 0 Å². The molecule has 0 amide bonds. The Labute approximate surface area is 38.5 Å². The quantitative estimate of drug-likeness (QED) is 0.373. The summed E-state index contributed by atoms with van der Waals surface area (Å²) < 4.78 is 3.95. The number of rotatable bonds is 2. The van der Waals surface area contributed by atoms with Crippen molar-refractivity contribution in [3.05, 3.63) is 0 Å². The first-order valence-corrected chi connectivity index (χ1v) is 1.66. The molecule has 0 rings (SSSR count). The highest BCUT2D eigenvalue weighted by atomic mass is 28.2. The summed E-state index contributed by atoms with van der Waals surface area (Å²) in [6.45, 7) is -0.406. The molecule has 33 valence electrons. The second kappa shape index (κ2) is 2.86. The van der Waals surface area contributed by atoms with Gasteiger partial charge in [0.25, 0.3) is 0 Å². The molecule has 0 aliphatic heterocycles. The average Bonchev–Trinajstić information content (AvgIpc) is 1.35. The van der Waals surface area contributed by atoms with Crippen LogP contribution in [0.2, 0.25) is 0 Å². The highest BCUT2D eigenvalue weighted by Crippen LogP contribution is 1.55. The Bertz CT molecular complexity index is 52.8. The highest BCUT2D eigenvalue weighted by Gasteiger charge is 1.74. The van der Waals surface area contributed by atoms with Crippen LogP contribution < -0.4 is 5.11 Å². The molecule has 0 aromatic heterocycles. The first-order valence-electron chi connectivity index (χ1n) is 1.25. The SMILES string of the molecule is O=C([O-])CO[Si]. The Balaban J connectivity index is 2.83. The first-order chi connectivity index (χ1) is 2.77. The van der Waals surface area contributed by atoms with E-state index in [0.717, 1.165) is 0 Å². The van der Waals surface area contributed by atoms with Crippen LogP contribution in [0.3, 0.4) is 0 Å². The number of carbonyl (C=O) groups is 1. The van der Waals surface area contributed by atoms with Gasteiger partial charge in [0, 0.05) is 0 Å². The second-order valence-corrected chi connectivity index (χ2v) is 0.949. The number of hydrogen-bond acceptors (Lipinski definition) is 3. The zero-order valence-corrected chi connectivity index (χ0v) is 3.93. The largest absolute Gasteiger partial charge is 0.548 e. The molecule has 4 heteroatoms. The van der Waals surface area contributed by atoms with Gasteiger partial charge in [-0.1, -0.05) is 0 Å². The van der Waals surface area contributed by atoms with Crippen molar-refractivity contribution in [3.8, 4) is 0 Å². The van der Waals surface area contributed by atoms with Gasteiger partial charge in [0.05, 0.1) is 12.6 Å². The van der Waals surface area contributed by atoms with Crippen molar-refractivity contribution in [2.45, 2.75) is 0 Å². The van der Waals surface area contributed by atoms with Crippen LogP contribution in [-0.2, 0) is 9.22 Å². The van der Waals surface area contributed by atoms with Gasteiger partial charge in [-0.15, -0.1) is 0 Å². The van der Waals surface area contributed by atoms with Crippen molar-refractivity contribution < 1.29 is 14.3 Å². The lowest BCUT2D eigenvalue weighted by molar-refractivity contribution is -0.307. The van der Waals surface area contributed by atoms with Crippen molar-refractivity contribution >= 4 is 16.5 Å². The van der Waals surface area contributed by atoms with Crippen molar-refractivity contribution in [1.82, 2.24) is 0 Å².